The van der Waals surface area contributed by atoms with Gasteiger partial charge in [0.1, 0.15) is 0 Å². The first-order valence-electron chi connectivity index (χ1n) is 18.3. The van der Waals surface area contributed by atoms with Crippen LogP contribution in [0.4, 0.5) is 17.1 Å². The molecule has 0 saturated heterocycles. The number of benzene rings is 9. The molecule has 1 spiro atoms. The van der Waals surface area contributed by atoms with E-state index in [-0.39, 0.29) is 0 Å². The Morgan fingerprint density at radius 2 is 0.981 bits per heavy atom. The first-order chi connectivity index (χ1) is 26.3. The zero-order valence-corrected chi connectivity index (χ0v) is 29.6. The Morgan fingerprint density at radius 1 is 0.340 bits per heavy atom. The van der Waals surface area contributed by atoms with Crippen LogP contribution < -0.4 is 4.90 Å². The lowest BCUT2D eigenvalue weighted by Crippen LogP contribution is -2.26. The first kappa shape index (κ1) is 29.1. The van der Waals surface area contributed by atoms with Gasteiger partial charge in [-0.05, 0) is 127 Å². The van der Waals surface area contributed by atoms with E-state index < -0.39 is 5.41 Å². The molecule has 53 heavy (non-hydrogen) atoms. The zero-order chi connectivity index (χ0) is 34.7. The number of thiophene rings is 1. The third kappa shape index (κ3) is 3.91. The molecule has 246 valence electrons. The third-order valence-electron chi connectivity index (χ3n) is 11.8. The topological polar surface area (TPSA) is 3.24 Å². The first-order valence-corrected chi connectivity index (χ1v) is 19.2. The number of hydrogen-bond donors (Lipinski definition) is 0. The second-order valence-corrected chi connectivity index (χ2v) is 15.5. The number of hydrogen-bond acceptors (Lipinski definition) is 2. The van der Waals surface area contributed by atoms with Crippen molar-refractivity contribution in [3.05, 3.63) is 210 Å². The highest BCUT2D eigenvalue weighted by atomic mass is 32.1. The summed E-state index contributed by atoms with van der Waals surface area (Å²) in [4.78, 5) is 2.41. The lowest BCUT2D eigenvalue weighted by atomic mass is 9.69. The van der Waals surface area contributed by atoms with Crippen LogP contribution in [0.3, 0.4) is 0 Å². The molecular formula is C51H31NS. The van der Waals surface area contributed by atoms with Gasteiger partial charge in [-0.15, -0.1) is 11.3 Å². The van der Waals surface area contributed by atoms with Crippen LogP contribution in [-0.2, 0) is 5.41 Å². The lowest BCUT2D eigenvalue weighted by molar-refractivity contribution is 0.802. The van der Waals surface area contributed by atoms with Crippen molar-refractivity contribution in [1.29, 1.82) is 0 Å². The number of fused-ring (bicyclic) bond motifs is 16. The van der Waals surface area contributed by atoms with Crippen LogP contribution in [0.25, 0.3) is 64.0 Å². The smallest absolute Gasteiger partial charge is 0.0731 e. The maximum atomic E-state index is 2.51. The Morgan fingerprint density at radius 3 is 1.81 bits per heavy atom. The van der Waals surface area contributed by atoms with Gasteiger partial charge in [0.2, 0.25) is 0 Å². The van der Waals surface area contributed by atoms with E-state index in [1.54, 1.807) is 0 Å². The van der Waals surface area contributed by atoms with Gasteiger partial charge in [0, 0.05) is 37.2 Å². The van der Waals surface area contributed by atoms with Gasteiger partial charge in [-0.3, -0.25) is 0 Å². The largest absolute Gasteiger partial charge is 0.310 e. The van der Waals surface area contributed by atoms with Gasteiger partial charge >= 0.3 is 0 Å². The summed E-state index contributed by atoms with van der Waals surface area (Å²) >= 11 is 1.86. The highest BCUT2D eigenvalue weighted by Crippen LogP contribution is 2.64. The van der Waals surface area contributed by atoms with Crippen molar-refractivity contribution in [1.82, 2.24) is 0 Å². The quantitative estimate of drug-likeness (QED) is 0.178. The summed E-state index contributed by atoms with van der Waals surface area (Å²) in [5.74, 6) is 0. The van der Waals surface area contributed by atoms with E-state index in [1.807, 2.05) is 11.3 Å². The summed E-state index contributed by atoms with van der Waals surface area (Å²) in [6, 6.07) is 70.3. The summed E-state index contributed by atoms with van der Waals surface area (Å²) in [5, 5.41) is 7.70. The Balaban J connectivity index is 1.13. The van der Waals surface area contributed by atoms with Gasteiger partial charge in [0.15, 0.2) is 0 Å². The summed E-state index contributed by atoms with van der Waals surface area (Å²) in [6.07, 6.45) is 0. The summed E-state index contributed by atoms with van der Waals surface area (Å²) in [7, 11) is 0. The lowest BCUT2D eigenvalue weighted by Gasteiger charge is -2.31. The molecule has 0 atom stereocenters. The van der Waals surface area contributed by atoms with Crippen LogP contribution in [-0.4, -0.2) is 0 Å². The van der Waals surface area contributed by atoms with Crippen molar-refractivity contribution >= 4 is 70.1 Å². The maximum Gasteiger partial charge on any atom is 0.0731 e. The van der Waals surface area contributed by atoms with Gasteiger partial charge in [-0.2, -0.15) is 0 Å². The molecule has 0 radical (unpaired) electrons. The fourth-order valence-corrected chi connectivity index (χ4v) is 10.8. The van der Waals surface area contributed by atoms with Crippen LogP contribution in [0.5, 0.6) is 0 Å². The third-order valence-corrected chi connectivity index (χ3v) is 13.0. The Kier molecular flexibility index (Phi) is 5.92. The monoisotopic (exact) mass is 689 g/mol. The standard InChI is InChI=1S/C51H31NS/c1-2-13-35(14-3-1)52(37-25-27-49-44(31-37)41-18-8-11-21-48(41)53-49)36-24-22-33-29-43-42-26-23-32-12-4-5-15-38(32)50(42)51(47(43)30-34(33)28-36)45-19-9-6-16-39(45)40-17-7-10-20-46(40)51/h1-31H. The minimum atomic E-state index is -0.424. The van der Waals surface area contributed by atoms with E-state index in [9.17, 15) is 0 Å². The second kappa shape index (κ2) is 10.8. The van der Waals surface area contributed by atoms with Gasteiger partial charge in [0.25, 0.3) is 0 Å². The normalized spacial score (nSPS) is 13.4. The highest BCUT2D eigenvalue weighted by molar-refractivity contribution is 7.25. The van der Waals surface area contributed by atoms with E-state index in [2.05, 4.69) is 193 Å². The molecule has 9 aromatic carbocycles. The average Bonchev–Trinajstić information content (AvgIpc) is 3.84. The van der Waals surface area contributed by atoms with Crippen molar-refractivity contribution in [2.45, 2.75) is 5.41 Å². The van der Waals surface area contributed by atoms with Crippen LogP contribution in [0.2, 0.25) is 0 Å². The summed E-state index contributed by atoms with van der Waals surface area (Å²) in [5.41, 5.74) is 13.8. The van der Waals surface area contributed by atoms with Gasteiger partial charge in [0.05, 0.1) is 5.41 Å². The Hall–Kier alpha value is -6.48. The second-order valence-electron chi connectivity index (χ2n) is 14.4. The molecule has 1 aromatic heterocycles. The molecule has 0 aliphatic heterocycles. The highest BCUT2D eigenvalue weighted by Gasteiger charge is 2.52. The fraction of sp³-hybridized carbons (Fsp3) is 0.0196. The van der Waals surface area contributed by atoms with Crippen LogP contribution in [0.15, 0.2) is 188 Å². The molecule has 2 aliphatic rings. The SMILES string of the molecule is c1ccc(N(c2ccc3cc4c(cc3c2)C2(c3ccccc3-c3ccccc32)c2c-4ccc3ccccc23)c2ccc3sc4ccccc4c3c2)cc1. The molecule has 1 heterocycles. The van der Waals surface area contributed by atoms with Crippen LogP contribution >= 0.6 is 11.3 Å². The molecule has 0 saturated carbocycles. The summed E-state index contributed by atoms with van der Waals surface area (Å²) < 4.78 is 2.63. The van der Waals surface area contributed by atoms with Gasteiger partial charge in [-0.25, -0.2) is 0 Å². The van der Waals surface area contributed by atoms with Crippen LogP contribution in [0.1, 0.15) is 22.3 Å². The molecule has 1 nitrogen and oxygen atoms in total. The zero-order valence-electron chi connectivity index (χ0n) is 28.8. The molecule has 0 fully saturated rings. The van der Waals surface area contributed by atoms with Crippen molar-refractivity contribution in [2.24, 2.45) is 0 Å². The molecule has 12 rings (SSSR count). The number of para-hydroxylation sites is 1. The molecule has 0 bridgehead atoms. The molecule has 0 unspecified atom stereocenters. The Bertz CT molecular complexity index is 3090. The molecule has 0 amide bonds. The maximum absolute atomic E-state index is 2.51. The molecule has 0 N–H and O–H groups in total. The van der Waals surface area contributed by atoms with E-state index in [0.29, 0.717) is 0 Å². The minimum Gasteiger partial charge on any atom is -0.310 e. The minimum absolute atomic E-state index is 0.424. The molecule has 2 aliphatic carbocycles. The average molecular weight is 690 g/mol. The molecule has 10 aromatic rings. The van der Waals surface area contributed by atoms with Crippen molar-refractivity contribution in [3.8, 4) is 22.3 Å². The van der Waals surface area contributed by atoms with E-state index in [4.69, 9.17) is 0 Å². The molecular weight excluding hydrogens is 659 g/mol. The van der Waals surface area contributed by atoms with Crippen molar-refractivity contribution in [2.75, 3.05) is 4.90 Å². The van der Waals surface area contributed by atoms with E-state index in [0.717, 1.165) is 17.1 Å². The predicted octanol–water partition coefficient (Wildman–Crippen LogP) is 14.2. The summed E-state index contributed by atoms with van der Waals surface area (Å²) in [6.45, 7) is 0. The number of anilines is 3. The van der Waals surface area contributed by atoms with Gasteiger partial charge in [-0.1, -0.05) is 127 Å². The van der Waals surface area contributed by atoms with E-state index in [1.165, 1.54) is 86.2 Å². The fourth-order valence-electron chi connectivity index (χ4n) is 9.66. The van der Waals surface area contributed by atoms with Crippen LogP contribution in [0, 0.1) is 0 Å². The predicted molar refractivity (Wildman–Crippen MR) is 225 cm³/mol. The molecule has 2 heteroatoms. The van der Waals surface area contributed by atoms with Crippen molar-refractivity contribution in [3.63, 3.8) is 0 Å². The van der Waals surface area contributed by atoms with E-state index >= 15 is 0 Å². The van der Waals surface area contributed by atoms with Crippen molar-refractivity contribution < 1.29 is 0 Å². The van der Waals surface area contributed by atoms with Gasteiger partial charge < -0.3 is 4.90 Å². The Labute approximate surface area is 311 Å². The number of nitrogens with zero attached hydrogens (tertiary/aromatic N) is 1. The number of rotatable bonds is 3.